The third-order valence-corrected chi connectivity index (χ3v) is 4.45. The summed E-state index contributed by atoms with van der Waals surface area (Å²) >= 11 is 3.17. The van der Waals surface area contributed by atoms with Crippen LogP contribution in [-0.4, -0.2) is 25.2 Å². The first-order chi connectivity index (χ1) is 8.74. The zero-order valence-corrected chi connectivity index (χ0v) is 11.6. The first-order valence-corrected chi connectivity index (χ1v) is 7.18. The molecule has 92 valence electrons. The molecule has 7 heteroatoms. The van der Waals surface area contributed by atoms with Gasteiger partial charge in [0.1, 0.15) is 0 Å². The van der Waals surface area contributed by atoms with Gasteiger partial charge in [-0.15, -0.1) is 16.4 Å². The number of thiazole rings is 1. The molecule has 0 spiro atoms. The van der Waals surface area contributed by atoms with Crippen molar-refractivity contribution in [3.63, 3.8) is 0 Å². The molecule has 0 atom stereocenters. The van der Waals surface area contributed by atoms with Gasteiger partial charge in [0.25, 0.3) is 0 Å². The van der Waals surface area contributed by atoms with Crippen molar-refractivity contribution < 1.29 is 0 Å². The molecule has 0 N–H and O–H groups in total. The van der Waals surface area contributed by atoms with E-state index in [0.29, 0.717) is 0 Å². The molecule has 1 aromatic carbocycles. The van der Waals surface area contributed by atoms with Crippen molar-refractivity contribution >= 4 is 33.3 Å². The van der Waals surface area contributed by atoms with E-state index in [1.54, 1.807) is 16.0 Å². The van der Waals surface area contributed by atoms with Gasteiger partial charge in [-0.1, -0.05) is 12.1 Å². The lowest BCUT2D eigenvalue weighted by Crippen LogP contribution is -2.04. The smallest absolute Gasteiger partial charge is 0.216 e. The predicted octanol–water partition coefficient (Wildman–Crippen LogP) is 3.01. The molecule has 0 aliphatic heterocycles. The highest BCUT2D eigenvalue weighted by Crippen LogP contribution is 2.33. The summed E-state index contributed by atoms with van der Waals surface area (Å²) in [5, 5.41) is 12.5. The second-order valence-corrected chi connectivity index (χ2v) is 6.29. The molecule has 0 amide bonds. The molecule has 0 unspecified atom stereocenters. The van der Waals surface area contributed by atoms with Crippen molar-refractivity contribution in [2.75, 3.05) is 0 Å². The van der Waals surface area contributed by atoms with Crippen LogP contribution in [0.25, 0.3) is 10.2 Å². The lowest BCUT2D eigenvalue weighted by atomic mass is 10.3. The van der Waals surface area contributed by atoms with Gasteiger partial charge in [-0.3, -0.25) is 0 Å². The van der Waals surface area contributed by atoms with Crippen molar-refractivity contribution in [2.24, 2.45) is 0 Å². The molecule has 18 heavy (non-hydrogen) atoms. The lowest BCUT2D eigenvalue weighted by molar-refractivity contribution is 0.477. The predicted molar refractivity (Wildman–Crippen MR) is 71.9 cm³/mol. The molecule has 0 aliphatic carbocycles. The maximum atomic E-state index is 4.56. The zero-order valence-electron chi connectivity index (χ0n) is 9.94. The highest BCUT2D eigenvalue weighted by atomic mass is 32.2. The molecule has 3 aromatic rings. The van der Waals surface area contributed by atoms with Gasteiger partial charge in [0, 0.05) is 0 Å². The Hall–Kier alpha value is -1.47. The highest BCUT2D eigenvalue weighted by Gasteiger charge is 2.13. The van der Waals surface area contributed by atoms with Crippen LogP contribution in [0.15, 0.2) is 33.8 Å². The van der Waals surface area contributed by atoms with Crippen LogP contribution in [-0.2, 0) is 0 Å². The van der Waals surface area contributed by atoms with Crippen molar-refractivity contribution in [3.8, 4) is 0 Å². The Bertz CT molecular complexity index is 640. The van der Waals surface area contributed by atoms with Crippen LogP contribution < -0.4 is 0 Å². The number of tetrazole rings is 1. The van der Waals surface area contributed by atoms with E-state index in [0.717, 1.165) is 15.0 Å². The Morgan fingerprint density at radius 2 is 2.11 bits per heavy atom. The van der Waals surface area contributed by atoms with Crippen molar-refractivity contribution in [1.82, 2.24) is 25.2 Å². The van der Waals surface area contributed by atoms with Crippen LogP contribution in [0.2, 0.25) is 0 Å². The minimum absolute atomic E-state index is 0.247. The van der Waals surface area contributed by atoms with Crippen molar-refractivity contribution in [1.29, 1.82) is 0 Å². The fourth-order valence-electron chi connectivity index (χ4n) is 1.55. The van der Waals surface area contributed by atoms with Crippen LogP contribution in [0.5, 0.6) is 0 Å². The molecule has 3 rings (SSSR count). The standard InChI is InChI=1S/C11H11N5S2/c1-7(2)16-10(13-14-15-16)18-11-12-8-5-3-4-6-9(8)17-11/h3-7H,1-2H3. The number of hydrogen-bond donors (Lipinski definition) is 0. The Labute approximate surface area is 112 Å². The first kappa shape index (κ1) is 11.6. The molecule has 2 aromatic heterocycles. The largest absolute Gasteiger partial charge is 0.229 e. The third-order valence-electron chi connectivity index (χ3n) is 2.40. The van der Waals surface area contributed by atoms with Crippen LogP contribution in [0.1, 0.15) is 19.9 Å². The summed E-state index contributed by atoms with van der Waals surface area (Å²) in [5.74, 6) is 0. The molecule has 0 radical (unpaired) electrons. The van der Waals surface area contributed by atoms with Gasteiger partial charge in [-0.25, -0.2) is 9.67 Å². The fraction of sp³-hybridized carbons (Fsp3) is 0.273. The van der Waals surface area contributed by atoms with Crippen LogP contribution in [0.4, 0.5) is 0 Å². The van der Waals surface area contributed by atoms with Gasteiger partial charge in [0.05, 0.1) is 16.3 Å². The fourth-order valence-corrected chi connectivity index (χ4v) is 3.62. The number of aromatic nitrogens is 5. The van der Waals surface area contributed by atoms with Crippen LogP contribution >= 0.6 is 23.1 Å². The van der Waals surface area contributed by atoms with Crippen molar-refractivity contribution in [2.45, 2.75) is 29.4 Å². The summed E-state index contributed by atoms with van der Waals surface area (Å²) in [4.78, 5) is 4.56. The molecular weight excluding hydrogens is 266 g/mol. The van der Waals surface area contributed by atoms with E-state index in [2.05, 4.69) is 40.4 Å². The van der Waals surface area contributed by atoms with Gasteiger partial charge in [-0.2, -0.15) is 0 Å². The second kappa shape index (κ2) is 4.66. The van der Waals surface area contributed by atoms with E-state index in [-0.39, 0.29) is 6.04 Å². The minimum atomic E-state index is 0.247. The number of hydrogen-bond acceptors (Lipinski definition) is 6. The summed E-state index contributed by atoms with van der Waals surface area (Å²) in [7, 11) is 0. The topological polar surface area (TPSA) is 56.5 Å². The average Bonchev–Trinajstić information content (AvgIpc) is 2.94. The molecule has 0 fully saturated rings. The normalized spacial score (nSPS) is 11.5. The second-order valence-electron chi connectivity index (χ2n) is 4.05. The molecule has 0 saturated carbocycles. The van der Waals surface area contributed by atoms with E-state index in [9.17, 15) is 0 Å². The van der Waals surface area contributed by atoms with Crippen LogP contribution in [0, 0.1) is 0 Å². The number of benzene rings is 1. The monoisotopic (exact) mass is 277 g/mol. The van der Waals surface area contributed by atoms with E-state index in [4.69, 9.17) is 0 Å². The summed E-state index contributed by atoms with van der Waals surface area (Å²) in [6, 6.07) is 8.35. The van der Waals surface area contributed by atoms with Gasteiger partial charge < -0.3 is 0 Å². The van der Waals surface area contributed by atoms with E-state index in [1.807, 2.05) is 18.2 Å². The molecule has 2 heterocycles. The summed E-state index contributed by atoms with van der Waals surface area (Å²) < 4.78 is 3.95. The number of rotatable bonds is 3. The molecular formula is C11H11N5S2. The van der Waals surface area contributed by atoms with Crippen LogP contribution in [0.3, 0.4) is 0 Å². The molecule has 0 bridgehead atoms. The van der Waals surface area contributed by atoms with Gasteiger partial charge in [-0.05, 0) is 48.2 Å². The summed E-state index contributed by atoms with van der Waals surface area (Å²) in [5.41, 5.74) is 1.02. The Morgan fingerprint density at radius 1 is 1.28 bits per heavy atom. The van der Waals surface area contributed by atoms with Gasteiger partial charge >= 0.3 is 0 Å². The third kappa shape index (κ3) is 2.11. The van der Waals surface area contributed by atoms with E-state index >= 15 is 0 Å². The summed E-state index contributed by atoms with van der Waals surface area (Å²) in [6.45, 7) is 4.11. The molecule has 0 aliphatic rings. The lowest BCUT2D eigenvalue weighted by Gasteiger charge is -2.04. The molecule has 5 nitrogen and oxygen atoms in total. The zero-order chi connectivity index (χ0) is 12.5. The number of para-hydroxylation sites is 1. The Balaban J connectivity index is 1.94. The SMILES string of the molecule is CC(C)n1nnnc1Sc1nc2ccccc2s1. The van der Waals surface area contributed by atoms with E-state index < -0.39 is 0 Å². The van der Waals surface area contributed by atoms with E-state index in [1.165, 1.54) is 16.5 Å². The Morgan fingerprint density at radius 3 is 2.89 bits per heavy atom. The number of fused-ring (bicyclic) bond motifs is 1. The minimum Gasteiger partial charge on any atom is -0.229 e. The quantitative estimate of drug-likeness (QED) is 0.736. The highest BCUT2D eigenvalue weighted by molar-refractivity contribution is 8.01. The average molecular weight is 277 g/mol. The van der Waals surface area contributed by atoms with Gasteiger partial charge in [0.15, 0.2) is 4.34 Å². The van der Waals surface area contributed by atoms with Crippen molar-refractivity contribution in [3.05, 3.63) is 24.3 Å². The van der Waals surface area contributed by atoms with Gasteiger partial charge in [0.2, 0.25) is 5.16 Å². The Kier molecular flexibility index (Phi) is 3.00. The molecule has 0 saturated heterocycles. The maximum absolute atomic E-state index is 4.56. The summed E-state index contributed by atoms with van der Waals surface area (Å²) in [6.07, 6.45) is 0. The number of nitrogens with zero attached hydrogens (tertiary/aromatic N) is 5. The maximum Gasteiger partial charge on any atom is 0.216 e. The first-order valence-electron chi connectivity index (χ1n) is 5.55.